The van der Waals surface area contributed by atoms with Crippen LogP contribution in [0.15, 0.2) is 36.4 Å². The summed E-state index contributed by atoms with van der Waals surface area (Å²) >= 11 is 0. The molecular weight excluding hydrogens is 317 g/mol. The van der Waals surface area contributed by atoms with Gasteiger partial charge in [-0.2, -0.15) is 0 Å². The Morgan fingerprint density at radius 2 is 1.79 bits per heavy atom. The molecule has 0 aliphatic carbocycles. The fraction of sp³-hybridized carbons (Fsp3) is 0.167. The van der Waals surface area contributed by atoms with Crippen LogP contribution in [-0.4, -0.2) is 10.5 Å². The number of nitrogens with one attached hydrogen (secondary N) is 1. The van der Waals surface area contributed by atoms with Crippen molar-refractivity contribution in [1.29, 1.82) is 0 Å². The Morgan fingerprint density at radius 3 is 2.54 bits per heavy atom. The maximum absolute atomic E-state index is 13.7. The summed E-state index contributed by atoms with van der Waals surface area (Å²) in [4.78, 5) is 12.2. The molecule has 0 spiro atoms. The van der Waals surface area contributed by atoms with E-state index in [1.807, 2.05) is 42.8 Å². The van der Waals surface area contributed by atoms with Gasteiger partial charge in [0.25, 0.3) is 0 Å². The van der Waals surface area contributed by atoms with Gasteiger partial charge in [0.2, 0.25) is 5.91 Å². The van der Waals surface area contributed by atoms with E-state index in [1.54, 1.807) is 0 Å². The zero-order chi connectivity index (χ0) is 17.4. The SMILES string of the molecule is Cc1c(CC(=O)Nc2ccc(F)c(F)c2F)c2ccccc2n1C. The molecule has 2 aromatic carbocycles. The number of hydrogen-bond acceptors (Lipinski definition) is 1. The largest absolute Gasteiger partial charge is 0.348 e. The number of aromatic nitrogens is 1. The molecule has 0 saturated carbocycles. The topological polar surface area (TPSA) is 34.0 Å². The first-order valence-electron chi connectivity index (χ1n) is 7.36. The standard InChI is InChI=1S/C18H15F3N2O/c1-10-12(11-5-3-4-6-15(11)23(10)2)9-16(24)22-14-8-7-13(19)17(20)18(14)21/h3-8H,9H2,1-2H3,(H,22,24). The van der Waals surface area contributed by atoms with Gasteiger partial charge in [0.05, 0.1) is 12.1 Å². The quantitative estimate of drug-likeness (QED) is 0.720. The van der Waals surface area contributed by atoms with Crippen molar-refractivity contribution >= 4 is 22.5 Å². The number of fused-ring (bicyclic) bond motifs is 1. The van der Waals surface area contributed by atoms with Crippen molar-refractivity contribution < 1.29 is 18.0 Å². The fourth-order valence-electron chi connectivity index (χ4n) is 2.80. The lowest BCUT2D eigenvalue weighted by atomic mass is 10.1. The number of para-hydroxylation sites is 1. The van der Waals surface area contributed by atoms with E-state index in [4.69, 9.17) is 0 Å². The van der Waals surface area contributed by atoms with Crippen molar-refractivity contribution in [3.8, 4) is 0 Å². The van der Waals surface area contributed by atoms with Crippen molar-refractivity contribution in [1.82, 2.24) is 4.57 Å². The highest BCUT2D eigenvalue weighted by Crippen LogP contribution is 2.26. The Hall–Kier alpha value is -2.76. The number of rotatable bonds is 3. The van der Waals surface area contributed by atoms with Gasteiger partial charge in [0.1, 0.15) is 0 Å². The average Bonchev–Trinajstić information content (AvgIpc) is 2.81. The maximum atomic E-state index is 13.7. The summed E-state index contributed by atoms with van der Waals surface area (Å²) in [5, 5.41) is 3.23. The van der Waals surface area contributed by atoms with E-state index in [1.165, 1.54) is 0 Å². The number of amides is 1. The molecule has 3 nitrogen and oxygen atoms in total. The number of nitrogens with zero attached hydrogens (tertiary/aromatic N) is 1. The average molecular weight is 332 g/mol. The molecule has 0 saturated heterocycles. The van der Waals surface area contributed by atoms with Crippen LogP contribution in [0.3, 0.4) is 0 Å². The molecule has 1 N–H and O–H groups in total. The highest BCUT2D eigenvalue weighted by molar-refractivity contribution is 5.96. The maximum Gasteiger partial charge on any atom is 0.228 e. The Balaban J connectivity index is 1.89. The number of benzene rings is 2. The number of hydrogen-bond donors (Lipinski definition) is 1. The molecule has 24 heavy (non-hydrogen) atoms. The Labute approximate surface area is 136 Å². The first kappa shape index (κ1) is 16.1. The first-order valence-corrected chi connectivity index (χ1v) is 7.36. The van der Waals surface area contributed by atoms with Gasteiger partial charge in [-0.15, -0.1) is 0 Å². The summed E-state index contributed by atoms with van der Waals surface area (Å²) in [6.45, 7) is 1.89. The summed E-state index contributed by atoms with van der Waals surface area (Å²) in [5.41, 5.74) is 2.33. The molecule has 0 aliphatic rings. The van der Waals surface area contributed by atoms with Crippen LogP contribution < -0.4 is 5.32 Å². The molecule has 0 fully saturated rings. The summed E-state index contributed by atoms with van der Waals surface area (Å²) in [5.74, 6) is -4.80. The molecule has 1 amide bonds. The molecule has 1 heterocycles. The monoisotopic (exact) mass is 332 g/mol. The number of carbonyl (C=O) groups is 1. The second-order valence-electron chi connectivity index (χ2n) is 5.59. The minimum Gasteiger partial charge on any atom is -0.348 e. The van der Waals surface area contributed by atoms with Crippen molar-refractivity contribution in [2.24, 2.45) is 7.05 Å². The fourth-order valence-corrected chi connectivity index (χ4v) is 2.80. The van der Waals surface area contributed by atoms with Crippen molar-refractivity contribution in [2.45, 2.75) is 13.3 Å². The van der Waals surface area contributed by atoms with Crippen molar-refractivity contribution in [3.05, 3.63) is 65.1 Å². The van der Waals surface area contributed by atoms with Crippen molar-refractivity contribution in [2.75, 3.05) is 5.32 Å². The number of halogens is 3. The van der Waals surface area contributed by atoms with E-state index < -0.39 is 23.4 Å². The van der Waals surface area contributed by atoms with E-state index in [2.05, 4.69) is 5.32 Å². The predicted octanol–water partition coefficient (Wildman–Crippen LogP) is 4.09. The van der Waals surface area contributed by atoms with Gasteiger partial charge in [-0.3, -0.25) is 4.79 Å². The van der Waals surface area contributed by atoms with E-state index >= 15 is 0 Å². The predicted molar refractivity (Wildman–Crippen MR) is 86.3 cm³/mol. The van der Waals surface area contributed by atoms with Gasteiger partial charge in [0.15, 0.2) is 17.5 Å². The molecular formula is C18H15F3N2O. The summed E-state index contributed by atoms with van der Waals surface area (Å²) in [7, 11) is 1.90. The lowest BCUT2D eigenvalue weighted by molar-refractivity contribution is -0.115. The minimum absolute atomic E-state index is 0.00558. The van der Waals surface area contributed by atoms with Gasteiger partial charge in [-0.25, -0.2) is 13.2 Å². The van der Waals surface area contributed by atoms with Gasteiger partial charge in [-0.05, 0) is 30.7 Å². The second kappa shape index (κ2) is 6.03. The number of carbonyl (C=O) groups excluding carboxylic acids is 1. The molecule has 0 radical (unpaired) electrons. The minimum atomic E-state index is -1.60. The third kappa shape index (κ3) is 2.64. The zero-order valence-corrected chi connectivity index (χ0v) is 13.2. The van der Waals surface area contributed by atoms with Crippen LogP contribution in [0.4, 0.5) is 18.9 Å². The summed E-state index contributed by atoms with van der Waals surface area (Å²) in [6.07, 6.45) is 0.00558. The van der Waals surface area contributed by atoms with Crippen LogP contribution >= 0.6 is 0 Å². The number of aryl methyl sites for hydroxylation is 1. The molecule has 0 unspecified atom stereocenters. The summed E-state index contributed by atoms with van der Waals surface area (Å²) in [6, 6.07) is 9.40. The van der Waals surface area contributed by atoms with Gasteiger partial charge in [-0.1, -0.05) is 18.2 Å². The van der Waals surface area contributed by atoms with E-state index in [-0.39, 0.29) is 12.1 Å². The van der Waals surface area contributed by atoms with E-state index in [0.717, 1.165) is 34.3 Å². The van der Waals surface area contributed by atoms with Gasteiger partial charge < -0.3 is 9.88 Å². The molecule has 0 aliphatic heterocycles. The molecule has 0 atom stereocenters. The lowest BCUT2D eigenvalue weighted by Gasteiger charge is -2.08. The second-order valence-corrected chi connectivity index (χ2v) is 5.59. The highest BCUT2D eigenvalue weighted by Gasteiger charge is 2.18. The van der Waals surface area contributed by atoms with E-state index in [0.29, 0.717) is 0 Å². The smallest absolute Gasteiger partial charge is 0.228 e. The lowest BCUT2D eigenvalue weighted by Crippen LogP contribution is -2.16. The molecule has 3 aromatic rings. The van der Waals surface area contributed by atoms with E-state index in [9.17, 15) is 18.0 Å². The third-order valence-electron chi connectivity index (χ3n) is 4.18. The van der Waals surface area contributed by atoms with Gasteiger partial charge >= 0.3 is 0 Å². The van der Waals surface area contributed by atoms with Crippen LogP contribution in [-0.2, 0) is 18.3 Å². The van der Waals surface area contributed by atoms with Crippen LogP contribution in [0.25, 0.3) is 10.9 Å². The zero-order valence-electron chi connectivity index (χ0n) is 13.2. The molecule has 1 aromatic heterocycles. The highest BCUT2D eigenvalue weighted by atomic mass is 19.2. The first-order chi connectivity index (χ1) is 11.4. The number of anilines is 1. The third-order valence-corrected chi connectivity index (χ3v) is 4.18. The van der Waals surface area contributed by atoms with Gasteiger partial charge in [0, 0.05) is 23.6 Å². The Bertz CT molecular complexity index is 947. The van der Waals surface area contributed by atoms with Crippen LogP contribution in [0.2, 0.25) is 0 Å². The Kier molecular flexibility index (Phi) is 4.05. The molecule has 124 valence electrons. The van der Waals surface area contributed by atoms with Crippen molar-refractivity contribution in [3.63, 3.8) is 0 Å². The normalized spacial score (nSPS) is 11.0. The summed E-state index contributed by atoms with van der Waals surface area (Å²) < 4.78 is 41.8. The van der Waals surface area contributed by atoms with Crippen LogP contribution in [0.1, 0.15) is 11.3 Å². The Morgan fingerprint density at radius 1 is 1.08 bits per heavy atom. The molecule has 0 bridgehead atoms. The molecule has 6 heteroatoms. The molecule has 3 rings (SSSR count). The van der Waals surface area contributed by atoms with Crippen LogP contribution in [0, 0.1) is 24.4 Å². The van der Waals surface area contributed by atoms with Crippen LogP contribution in [0.5, 0.6) is 0 Å².